The van der Waals surface area contributed by atoms with Crippen molar-refractivity contribution in [2.24, 2.45) is 0 Å². The number of rotatable bonds is 3. The molecule has 0 bridgehead atoms. The Hall–Kier alpha value is -1.87. The van der Waals surface area contributed by atoms with E-state index in [9.17, 15) is 0 Å². The van der Waals surface area contributed by atoms with Crippen molar-refractivity contribution in [1.29, 1.82) is 0 Å². The molecular formula is C17H20N2O. The van der Waals surface area contributed by atoms with Crippen molar-refractivity contribution in [3.63, 3.8) is 0 Å². The summed E-state index contributed by atoms with van der Waals surface area (Å²) in [6.07, 6.45) is 4.82. The standard InChI is InChI=1S/C17H20N2O/c1-12-10-19-8-6-14(12)16-5-3-4-15-13(11-18-2)7-9-20-17(15)16/h3-6,8,10,13,18H,7,9,11H2,1-2H3/t13-/m0/s1. The first-order valence-corrected chi connectivity index (χ1v) is 7.12. The van der Waals surface area contributed by atoms with Crippen molar-refractivity contribution < 1.29 is 4.74 Å². The van der Waals surface area contributed by atoms with Crippen LogP contribution in [0.3, 0.4) is 0 Å². The molecule has 3 nitrogen and oxygen atoms in total. The summed E-state index contributed by atoms with van der Waals surface area (Å²) in [6.45, 7) is 3.88. The molecule has 1 atom stereocenters. The number of nitrogens with one attached hydrogen (secondary N) is 1. The third kappa shape index (κ3) is 2.29. The summed E-state index contributed by atoms with van der Waals surface area (Å²) in [4.78, 5) is 4.18. The fraction of sp³-hybridized carbons (Fsp3) is 0.353. The van der Waals surface area contributed by atoms with Gasteiger partial charge < -0.3 is 10.1 Å². The molecule has 2 heterocycles. The molecule has 3 heteroatoms. The Kier molecular flexibility index (Phi) is 3.70. The van der Waals surface area contributed by atoms with Crippen LogP contribution in [0.15, 0.2) is 36.7 Å². The fourth-order valence-corrected chi connectivity index (χ4v) is 2.94. The predicted octanol–water partition coefficient (Wildman–Crippen LogP) is 3.14. The first-order valence-electron chi connectivity index (χ1n) is 7.12. The second kappa shape index (κ2) is 5.63. The molecule has 20 heavy (non-hydrogen) atoms. The van der Waals surface area contributed by atoms with Crippen molar-refractivity contribution in [1.82, 2.24) is 10.3 Å². The number of likely N-dealkylation sites (N-methyl/N-ethyl adjacent to an activating group) is 1. The number of benzene rings is 1. The van der Waals surface area contributed by atoms with E-state index in [1.54, 1.807) is 0 Å². The zero-order chi connectivity index (χ0) is 13.9. The normalized spacial score (nSPS) is 17.4. The number of nitrogens with zero attached hydrogens (tertiary/aromatic N) is 1. The van der Waals surface area contributed by atoms with E-state index >= 15 is 0 Å². The number of para-hydroxylation sites is 1. The molecule has 0 aliphatic carbocycles. The first-order chi connectivity index (χ1) is 9.81. The molecule has 0 amide bonds. The van der Waals surface area contributed by atoms with Crippen LogP contribution in [0.5, 0.6) is 5.75 Å². The van der Waals surface area contributed by atoms with E-state index in [0.29, 0.717) is 5.92 Å². The summed E-state index contributed by atoms with van der Waals surface area (Å²) in [5, 5.41) is 3.28. The van der Waals surface area contributed by atoms with Gasteiger partial charge in [-0.3, -0.25) is 4.98 Å². The fourth-order valence-electron chi connectivity index (χ4n) is 2.94. The first kappa shape index (κ1) is 13.1. The van der Waals surface area contributed by atoms with Gasteiger partial charge in [0.1, 0.15) is 5.75 Å². The smallest absolute Gasteiger partial charge is 0.130 e. The monoisotopic (exact) mass is 268 g/mol. The number of pyridine rings is 1. The molecule has 1 aromatic heterocycles. The second-order valence-corrected chi connectivity index (χ2v) is 5.31. The summed E-state index contributed by atoms with van der Waals surface area (Å²) >= 11 is 0. The molecule has 0 saturated carbocycles. The molecule has 0 radical (unpaired) electrons. The lowest BCUT2D eigenvalue weighted by Crippen LogP contribution is -2.23. The van der Waals surface area contributed by atoms with E-state index in [1.807, 2.05) is 19.4 Å². The molecular weight excluding hydrogens is 248 g/mol. The Labute approximate surface area is 120 Å². The number of ether oxygens (including phenoxy) is 1. The van der Waals surface area contributed by atoms with Gasteiger partial charge in [0.25, 0.3) is 0 Å². The highest BCUT2D eigenvalue weighted by Crippen LogP contribution is 2.41. The summed E-state index contributed by atoms with van der Waals surface area (Å²) in [5.41, 5.74) is 4.89. The predicted molar refractivity (Wildman–Crippen MR) is 81.2 cm³/mol. The number of hydrogen-bond donors (Lipinski definition) is 1. The lowest BCUT2D eigenvalue weighted by atomic mass is 9.89. The Morgan fingerprint density at radius 1 is 1.30 bits per heavy atom. The molecule has 0 spiro atoms. The molecule has 0 unspecified atom stereocenters. The van der Waals surface area contributed by atoms with Crippen LogP contribution >= 0.6 is 0 Å². The van der Waals surface area contributed by atoms with Crippen LogP contribution in [-0.4, -0.2) is 25.2 Å². The average Bonchev–Trinajstić information content (AvgIpc) is 2.48. The van der Waals surface area contributed by atoms with Crippen LogP contribution in [0.1, 0.15) is 23.5 Å². The summed E-state index contributed by atoms with van der Waals surface area (Å²) in [5.74, 6) is 1.58. The van der Waals surface area contributed by atoms with Gasteiger partial charge in [0.05, 0.1) is 6.61 Å². The molecule has 0 fully saturated rings. The van der Waals surface area contributed by atoms with Crippen LogP contribution < -0.4 is 10.1 Å². The third-order valence-electron chi connectivity index (χ3n) is 3.96. The number of aromatic nitrogens is 1. The van der Waals surface area contributed by atoms with Crippen molar-refractivity contribution in [2.45, 2.75) is 19.3 Å². The molecule has 1 aromatic carbocycles. The zero-order valence-electron chi connectivity index (χ0n) is 12.0. The van der Waals surface area contributed by atoms with Gasteiger partial charge >= 0.3 is 0 Å². The quantitative estimate of drug-likeness (QED) is 0.928. The zero-order valence-corrected chi connectivity index (χ0v) is 12.0. The van der Waals surface area contributed by atoms with E-state index in [2.05, 4.69) is 41.5 Å². The van der Waals surface area contributed by atoms with Crippen LogP contribution in [0.4, 0.5) is 0 Å². The van der Waals surface area contributed by atoms with Crippen molar-refractivity contribution in [3.05, 3.63) is 47.8 Å². The molecule has 104 valence electrons. The minimum Gasteiger partial charge on any atom is -0.493 e. The molecule has 3 rings (SSSR count). The molecule has 1 aliphatic heterocycles. The van der Waals surface area contributed by atoms with Crippen LogP contribution in [-0.2, 0) is 0 Å². The SMILES string of the molecule is CNC[C@@H]1CCOc2c(-c3ccncc3C)cccc21. The van der Waals surface area contributed by atoms with Crippen molar-refractivity contribution in [3.8, 4) is 16.9 Å². The highest BCUT2D eigenvalue weighted by Gasteiger charge is 2.23. The van der Waals surface area contributed by atoms with Crippen molar-refractivity contribution in [2.75, 3.05) is 20.2 Å². The Balaban J connectivity index is 2.10. The van der Waals surface area contributed by atoms with Gasteiger partial charge in [-0.05, 0) is 43.1 Å². The second-order valence-electron chi connectivity index (χ2n) is 5.31. The summed E-state index contributed by atoms with van der Waals surface area (Å²) in [6, 6.07) is 8.53. The number of hydrogen-bond acceptors (Lipinski definition) is 3. The van der Waals surface area contributed by atoms with Crippen LogP contribution in [0, 0.1) is 6.92 Å². The average molecular weight is 268 g/mol. The van der Waals surface area contributed by atoms with Gasteiger partial charge in [-0.25, -0.2) is 0 Å². The van der Waals surface area contributed by atoms with Crippen molar-refractivity contribution >= 4 is 0 Å². The van der Waals surface area contributed by atoms with E-state index in [-0.39, 0.29) is 0 Å². The number of aryl methyl sites for hydroxylation is 1. The van der Waals surface area contributed by atoms with Crippen LogP contribution in [0.2, 0.25) is 0 Å². The summed E-state index contributed by atoms with van der Waals surface area (Å²) in [7, 11) is 2.01. The maximum atomic E-state index is 5.99. The van der Waals surface area contributed by atoms with Crippen LogP contribution in [0.25, 0.3) is 11.1 Å². The minimum absolute atomic E-state index is 0.533. The summed E-state index contributed by atoms with van der Waals surface area (Å²) < 4.78 is 5.99. The Morgan fingerprint density at radius 2 is 2.20 bits per heavy atom. The molecule has 0 saturated heterocycles. The maximum Gasteiger partial charge on any atom is 0.130 e. The Morgan fingerprint density at radius 3 is 3.00 bits per heavy atom. The molecule has 1 N–H and O–H groups in total. The van der Waals surface area contributed by atoms with Gasteiger partial charge in [0.2, 0.25) is 0 Å². The van der Waals surface area contributed by atoms with E-state index in [0.717, 1.165) is 25.3 Å². The molecule has 2 aromatic rings. The Bertz CT molecular complexity index is 610. The van der Waals surface area contributed by atoms with E-state index < -0.39 is 0 Å². The third-order valence-corrected chi connectivity index (χ3v) is 3.96. The van der Waals surface area contributed by atoms with Gasteiger partial charge in [-0.15, -0.1) is 0 Å². The molecule has 1 aliphatic rings. The largest absolute Gasteiger partial charge is 0.493 e. The minimum atomic E-state index is 0.533. The highest BCUT2D eigenvalue weighted by atomic mass is 16.5. The topological polar surface area (TPSA) is 34.1 Å². The van der Waals surface area contributed by atoms with E-state index in [4.69, 9.17) is 4.74 Å². The van der Waals surface area contributed by atoms with Gasteiger partial charge in [-0.1, -0.05) is 18.2 Å². The van der Waals surface area contributed by atoms with Gasteiger partial charge in [-0.2, -0.15) is 0 Å². The maximum absolute atomic E-state index is 5.99. The highest BCUT2D eigenvalue weighted by molar-refractivity contribution is 5.75. The number of fused-ring (bicyclic) bond motifs is 1. The van der Waals surface area contributed by atoms with Gasteiger partial charge in [0, 0.05) is 30.4 Å². The lowest BCUT2D eigenvalue weighted by molar-refractivity contribution is 0.267. The van der Waals surface area contributed by atoms with Gasteiger partial charge in [0.15, 0.2) is 0 Å². The van der Waals surface area contributed by atoms with E-state index in [1.165, 1.54) is 22.3 Å². The lowest BCUT2D eigenvalue weighted by Gasteiger charge is -2.28.